The van der Waals surface area contributed by atoms with Crippen LogP contribution in [0, 0.1) is 5.82 Å². The van der Waals surface area contributed by atoms with Gasteiger partial charge in [-0.2, -0.15) is 0 Å². The van der Waals surface area contributed by atoms with Gasteiger partial charge in [-0.3, -0.25) is 0 Å². The predicted octanol–water partition coefficient (Wildman–Crippen LogP) is 3.39. The van der Waals surface area contributed by atoms with E-state index in [4.69, 9.17) is 5.73 Å². The number of thiazole rings is 1. The van der Waals surface area contributed by atoms with Crippen LogP contribution < -0.4 is 5.73 Å². The van der Waals surface area contributed by atoms with Crippen LogP contribution in [-0.4, -0.2) is 10.1 Å². The predicted molar refractivity (Wildman–Crippen MR) is 71.1 cm³/mol. The summed E-state index contributed by atoms with van der Waals surface area (Å²) in [6.45, 7) is 0. The minimum absolute atomic E-state index is 0.0259. The largest absolute Gasteiger partial charge is 0.506 e. The molecular formula is C13H9FN2OS. The number of hydrogen-bond donors (Lipinski definition) is 2. The van der Waals surface area contributed by atoms with Gasteiger partial charge in [0.1, 0.15) is 16.6 Å². The minimum atomic E-state index is -0.306. The molecule has 1 heterocycles. The van der Waals surface area contributed by atoms with Crippen molar-refractivity contribution in [3.8, 4) is 16.3 Å². The normalized spacial score (nSPS) is 10.9. The van der Waals surface area contributed by atoms with Crippen LogP contribution in [0.15, 0.2) is 36.4 Å². The molecule has 90 valence electrons. The second kappa shape index (κ2) is 3.96. The van der Waals surface area contributed by atoms with Crippen molar-refractivity contribution < 1.29 is 9.50 Å². The quantitative estimate of drug-likeness (QED) is 0.521. The lowest BCUT2D eigenvalue weighted by molar-refractivity contribution is 0.478. The van der Waals surface area contributed by atoms with Gasteiger partial charge in [-0.1, -0.05) is 0 Å². The Morgan fingerprint density at radius 3 is 2.78 bits per heavy atom. The first-order valence-electron chi connectivity index (χ1n) is 5.28. The van der Waals surface area contributed by atoms with Gasteiger partial charge in [0.15, 0.2) is 0 Å². The van der Waals surface area contributed by atoms with Crippen molar-refractivity contribution in [1.82, 2.24) is 4.98 Å². The van der Waals surface area contributed by atoms with Crippen molar-refractivity contribution in [2.45, 2.75) is 0 Å². The molecule has 0 saturated heterocycles. The molecule has 0 saturated carbocycles. The van der Waals surface area contributed by atoms with Gasteiger partial charge in [0.2, 0.25) is 0 Å². The fourth-order valence-electron chi connectivity index (χ4n) is 1.70. The van der Waals surface area contributed by atoms with E-state index in [1.807, 2.05) is 0 Å². The average molecular weight is 260 g/mol. The van der Waals surface area contributed by atoms with Crippen molar-refractivity contribution in [3.05, 3.63) is 42.2 Å². The molecule has 0 bridgehead atoms. The van der Waals surface area contributed by atoms with Crippen LogP contribution in [0.4, 0.5) is 10.1 Å². The van der Waals surface area contributed by atoms with E-state index in [0.29, 0.717) is 11.2 Å². The van der Waals surface area contributed by atoms with Crippen LogP contribution in [0.5, 0.6) is 5.75 Å². The average Bonchev–Trinajstić information content (AvgIpc) is 2.75. The van der Waals surface area contributed by atoms with Crippen molar-refractivity contribution in [1.29, 1.82) is 0 Å². The number of nitrogen functional groups attached to an aromatic ring is 1. The molecular weight excluding hydrogens is 251 g/mol. The number of benzene rings is 2. The van der Waals surface area contributed by atoms with Crippen LogP contribution in [0.3, 0.4) is 0 Å². The maximum Gasteiger partial charge on any atom is 0.139 e. The molecule has 0 atom stereocenters. The van der Waals surface area contributed by atoms with Gasteiger partial charge < -0.3 is 10.8 Å². The van der Waals surface area contributed by atoms with E-state index in [9.17, 15) is 9.50 Å². The third kappa shape index (κ3) is 1.78. The summed E-state index contributed by atoms with van der Waals surface area (Å²) in [5, 5.41) is 10.3. The number of anilines is 1. The van der Waals surface area contributed by atoms with Crippen molar-refractivity contribution in [3.63, 3.8) is 0 Å². The minimum Gasteiger partial charge on any atom is -0.506 e. The second-order valence-corrected chi connectivity index (χ2v) is 4.94. The topological polar surface area (TPSA) is 59.1 Å². The molecule has 0 unspecified atom stereocenters. The number of halogens is 1. The van der Waals surface area contributed by atoms with Gasteiger partial charge in [-0.25, -0.2) is 9.37 Å². The van der Waals surface area contributed by atoms with E-state index in [-0.39, 0.29) is 11.6 Å². The highest BCUT2D eigenvalue weighted by atomic mass is 32.1. The zero-order valence-electron chi connectivity index (χ0n) is 9.22. The summed E-state index contributed by atoms with van der Waals surface area (Å²) < 4.78 is 14.0. The molecule has 0 spiro atoms. The fraction of sp³-hybridized carbons (Fsp3) is 0. The molecule has 18 heavy (non-hydrogen) atoms. The summed E-state index contributed by atoms with van der Waals surface area (Å²) >= 11 is 1.44. The highest BCUT2D eigenvalue weighted by Crippen LogP contribution is 2.33. The number of phenols is 1. The summed E-state index contributed by atoms with van der Waals surface area (Å²) in [7, 11) is 0. The standard InChI is InChI=1S/C13H9FN2OS/c14-8-2-4-12-10(6-8)16-13(18-12)7-1-3-9(15)11(17)5-7/h1-6,17H,15H2. The van der Waals surface area contributed by atoms with Gasteiger partial charge >= 0.3 is 0 Å². The summed E-state index contributed by atoms with van der Waals surface area (Å²) in [6.07, 6.45) is 0. The first-order valence-corrected chi connectivity index (χ1v) is 6.10. The van der Waals surface area contributed by atoms with Gasteiger partial charge in [0.05, 0.1) is 15.9 Å². The van der Waals surface area contributed by atoms with Crippen molar-refractivity contribution in [2.75, 3.05) is 5.73 Å². The number of fused-ring (bicyclic) bond motifs is 1. The van der Waals surface area contributed by atoms with E-state index in [0.717, 1.165) is 15.3 Å². The molecule has 1 aromatic heterocycles. The lowest BCUT2D eigenvalue weighted by atomic mass is 10.2. The number of aromatic hydroxyl groups is 1. The number of rotatable bonds is 1. The van der Waals surface area contributed by atoms with Crippen LogP contribution in [0.1, 0.15) is 0 Å². The molecule has 0 aliphatic carbocycles. The second-order valence-electron chi connectivity index (χ2n) is 3.90. The molecule has 3 rings (SSSR count). The van der Waals surface area contributed by atoms with Crippen LogP contribution in [0.2, 0.25) is 0 Å². The smallest absolute Gasteiger partial charge is 0.139 e. The Hall–Kier alpha value is -2.14. The molecule has 0 radical (unpaired) electrons. The fourth-order valence-corrected chi connectivity index (χ4v) is 2.64. The Balaban J connectivity index is 2.16. The maximum atomic E-state index is 13.1. The number of phenolic OH excluding ortho intramolecular Hbond substituents is 1. The number of nitrogens with two attached hydrogens (primary N) is 1. The third-order valence-corrected chi connectivity index (χ3v) is 3.71. The number of hydrogen-bond acceptors (Lipinski definition) is 4. The summed E-state index contributed by atoms with van der Waals surface area (Å²) in [5.41, 5.74) is 7.25. The Labute approximate surface area is 106 Å². The van der Waals surface area contributed by atoms with Gasteiger partial charge in [0.25, 0.3) is 0 Å². The van der Waals surface area contributed by atoms with E-state index in [2.05, 4.69) is 4.98 Å². The summed E-state index contributed by atoms with van der Waals surface area (Å²) in [6, 6.07) is 9.46. The van der Waals surface area contributed by atoms with Gasteiger partial charge in [0, 0.05) is 11.6 Å². The molecule has 3 aromatic rings. The lowest BCUT2D eigenvalue weighted by Crippen LogP contribution is -1.85. The molecule has 3 nitrogen and oxygen atoms in total. The third-order valence-electron chi connectivity index (χ3n) is 2.63. The van der Waals surface area contributed by atoms with Crippen molar-refractivity contribution in [2.24, 2.45) is 0 Å². The van der Waals surface area contributed by atoms with Gasteiger partial charge in [-0.15, -0.1) is 11.3 Å². The zero-order valence-corrected chi connectivity index (χ0v) is 10.0. The Bertz CT molecular complexity index is 739. The summed E-state index contributed by atoms with van der Waals surface area (Å²) in [4.78, 5) is 4.34. The molecule has 0 aliphatic rings. The number of aromatic nitrogens is 1. The lowest BCUT2D eigenvalue weighted by Gasteiger charge is -2.00. The van der Waals surface area contributed by atoms with E-state index in [1.54, 1.807) is 24.3 Å². The zero-order chi connectivity index (χ0) is 12.7. The molecule has 3 N–H and O–H groups in total. The Morgan fingerprint density at radius 1 is 1.17 bits per heavy atom. The van der Waals surface area contributed by atoms with E-state index < -0.39 is 0 Å². The van der Waals surface area contributed by atoms with E-state index in [1.165, 1.54) is 23.5 Å². The van der Waals surface area contributed by atoms with Gasteiger partial charge in [-0.05, 0) is 30.3 Å². The molecule has 2 aromatic carbocycles. The van der Waals surface area contributed by atoms with Crippen LogP contribution in [0.25, 0.3) is 20.8 Å². The highest BCUT2D eigenvalue weighted by Gasteiger charge is 2.08. The van der Waals surface area contributed by atoms with Crippen molar-refractivity contribution >= 4 is 27.2 Å². The first-order chi connectivity index (χ1) is 8.63. The molecule has 0 amide bonds. The SMILES string of the molecule is Nc1ccc(-c2nc3cc(F)ccc3s2)cc1O. The molecule has 5 heteroatoms. The Morgan fingerprint density at radius 2 is 2.00 bits per heavy atom. The van der Waals surface area contributed by atoms with Crippen LogP contribution in [-0.2, 0) is 0 Å². The highest BCUT2D eigenvalue weighted by molar-refractivity contribution is 7.21. The molecule has 0 aliphatic heterocycles. The van der Waals surface area contributed by atoms with E-state index >= 15 is 0 Å². The first kappa shape index (κ1) is 11.0. The van der Waals surface area contributed by atoms with Crippen LogP contribution >= 0.6 is 11.3 Å². The summed E-state index contributed by atoms with van der Waals surface area (Å²) in [5.74, 6) is -0.280. The monoisotopic (exact) mass is 260 g/mol. The maximum absolute atomic E-state index is 13.1. The Kier molecular flexibility index (Phi) is 2.41. The molecule has 0 fully saturated rings. The number of nitrogens with zero attached hydrogens (tertiary/aromatic N) is 1.